The van der Waals surface area contributed by atoms with Crippen LogP contribution in [0.2, 0.25) is 0 Å². The molecule has 1 heterocycles. The third kappa shape index (κ3) is 5.74. The highest BCUT2D eigenvalue weighted by Gasteiger charge is 2.47. The van der Waals surface area contributed by atoms with Crippen molar-refractivity contribution in [1.29, 1.82) is 0 Å². The first-order chi connectivity index (χ1) is 18.0. The summed E-state index contributed by atoms with van der Waals surface area (Å²) >= 11 is 0. The van der Waals surface area contributed by atoms with E-state index in [2.05, 4.69) is 10.6 Å². The minimum absolute atomic E-state index is 0.208. The molecule has 1 saturated carbocycles. The Bertz CT molecular complexity index is 1270. The molecule has 3 amide bonds. The fourth-order valence-electron chi connectivity index (χ4n) is 4.40. The highest BCUT2D eigenvalue weighted by atomic mass is 16.6. The molecule has 37 heavy (non-hydrogen) atoms. The van der Waals surface area contributed by atoms with Gasteiger partial charge in [0.2, 0.25) is 5.91 Å². The number of methoxy groups -OCH3 is 1. The van der Waals surface area contributed by atoms with Crippen molar-refractivity contribution in [3.63, 3.8) is 0 Å². The smallest absolute Gasteiger partial charge is 0.411 e. The number of amides is 3. The Morgan fingerprint density at radius 3 is 2.46 bits per heavy atom. The lowest BCUT2D eigenvalue weighted by molar-refractivity contribution is -0.126. The van der Waals surface area contributed by atoms with Crippen molar-refractivity contribution >= 4 is 23.6 Å². The van der Waals surface area contributed by atoms with E-state index in [0.29, 0.717) is 35.0 Å². The fourth-order valence-corrected chi connectivity index (χ4v) is 4.40. The van der Waals surface area contributed by atoms with E-state index < -0.39 is 18.2 Å². The summed E-state index contributed by atoms with van der Waals surface area (Å²) in [7, 11) is 1.58. The Morgan fingerprint density at radius 2 is 1.76 bits per heavy atom. The molecule has 1 saturated heterocycles. The number of carbonyl (C=O) groups is 3. The van der Waals surface area contributed by atoms with Gasteiger partial charge in [-0.05, 0) is 66.3 Å². The lowest BCUT2D eigenvalue weighted by atomic mass is 10.00. The highest BCUT2D eigenvalue weighted by Crippen LogP contribution is 2.35. The van der Waals surface area contributed by atoms with Crippen molar-refractivity contribution in [3.8, 4) is 5.75 Å². The van der Waals surface area contributed by atoms with Crippen LogP contribution in [0, 0.1) is 5.92 Å². The monoisotopic (exact) mass is 499 g/mol. The van der Waals surface area contributed by atoms with Gasteiger partial charge >= 0.3 is 6.09 Å². The normalized spacial score (nSPS) is 18.7. The van der Waals surface area contributed by atoms with Crippen molar-refractivity contribution in [2.24, 2.45) is 5.92 Å². The Kier molecular flexibility index (Phi) is 7.07. The van der Waals surface area contributed by atoms with Crippen LogP contribution in [0.3, 0.4) is 0 Å². The highest BCUT2D eigenvalue weighted by molar-refractivity contribution is 6.04. The molecule has 0 aromatic heterocycles. The van der Waals surface area contributed by atoms with Crippen LogP contribution in [0.4, 0.5) is 10.5 Å². The minimum atomic E-state index is -0.831. The summed E-state index contributed by atoms with van der Waals surface area (Å²) < 4.78 is 11.0. The number of hydrogen-bond acceptors (Lipinski definition) is 5. The molecular weight excluding hydrogens is 470 g/mol. The molecule has 1 aliphatic carbocycles. The van der Waals surface area contributed by atoms with Crippen LogP contribution in [0.15, 0.2) is 78.9 Å². The number of nitrogens with one attached hydrogen (secondary N) is 2. The zero-order valence-corrected chi connectivity index (χ0v) is 20.6. The largest absolute Gasteiger partial charge is 0.497 e. The van der Waals surface area contributed by atoms with Gasteiger partial charge in [0.25, 0.3) is 5.91 Å². The van der Waals surface area contributed by atoms with Gasteiger partial charge in [0, 0.05) is 17.8 Å². The summed E-state index contributed by atoms with van der Waals surface area (Å²) in [6, 6.07) is 22.5. The Morgan fingerprint density at radius 1 is 1.00 bits per heavy atom. The lowest BCUT2D eigenvalue weighted by Gasteiger charge is -2.24. The van der Waals surface area contributed by atoms with Crippen LogP contribution in [-0.4, -0.2) is 42.5 Å². The van der Waals surface area contributed by atoms with Crippen LogP contribution in [-0.2, 0) is 16.1 Å². The quantitative estimate of drug-likeness (QED) is 0.451. The van der Waals surface area contributed by atoms with Gasteiger partial charge in [-0.15, -0.1) is 0 Å². The van der Waals surface area contributed by atoms with Gasteiger partial charge in [0.15, 0.2) is 12.1 Å². The first-order valence-electron chi connectivity index (χ1n) is 12.4. The molecule has 0 radical (unpaired) electrons. The summed E-state index contributed by atoms with van der Waals surface area (Å²) in [5.41, 5.74) is 2.66. The second-order valence-electron chi connectivity index (χ2n) is 9.36. The van der Waals surface area contributed by atoms with E-state index >= 15 is 0 Å². The maximum atomic E-state index is 13.3. The van der Waals surface area contributed by atoms with Crippen LogP contribution >= 0.6 is 0 Å². The van der Waals surface area contributed by atoms with Crippen molar-refractivity contribution in [3.05, 3.63) is 95.6 Å². The number of benzene rings is 3. The predicted octanol–water partition coefficient (Wildman–Crippen LogP) is 4.54. The third-order valence-electron chi connectivity index (χ3n) is 6.64. The molecule has 0 spiro atoms. The number of hydrogen-bond donors (Lipinski definition) is 2. The number of anilines is 1. The Labute approximate surface area is 215 Å². The summed E-state index contributed by atoms with van der Waals surface area (Å²) in [5.74, 6) is 0.707. The topological polar surface area (TPSA) is 97.0 Å². The Balaban J connectivity index is 1.35. The van der Waals surface area contributed by atoms with Crippen LogP contribution in [0.25, 0.3) is 0 Å². The van der Waals surface area contributed by atoms with Gasteiger partial charge in [-0.2, -0.15) is 0 Å². The standard InChI is InChI=1S/C29H29N3O5/c1-36-24-9-5-6-20(16-24)18-32-25(28(34)30-17-19-10-11-19)26(37-29(32)35)21-12-14-23(15-13-21)31-27(33)22-7-3-2-4-8-22/h2-9,12-16,19,25-26H,10-11,17-18H2,1H3,(H,30,34)(H,31,33). The SMILES string of the molecule is COc1cccc(CN2C(=O)OC(c3ccc(NC(=O)c4ccccc4)cc3)C2C(=O)NCC2CC2)c1. The van der Waals surface area contributed by atoms with Gasteiger partial charge in [-0.1, -0.05) is 42.5 Å². The number of cyclic esters (lactones) is 1. The average Bonchev–Trinajstić information content (AvgIpc) is 3.71. The summed E-state index contributed by atoms with van der Waals surface area (Å²) in [6.07, 6.45) is 0.873. The zero-order chi connectivity index (χ0) is 25.8. The van der Waals surface area contributed by atoms with Crippen LogP contribution in [0.5, 0.6) is 5.75 Å². The summed E-state index contributed by atoms with van der Waals surface area (Å²) in [6.45, 7) is 0.799. The number of ether oxygens (including phenoxy) is 2. The van der Waals surface area contributed by atoms with Crippen LogP contribution in [0.1, 0.15) is 40.4 Å². The second kappa shape index (κ2) is 10.7. The fraction of sp³-hybridized carbons (Fsp3) is 0.276. The van der Waals surface area contributed by atoms with Crippen molar-refractivity contribution in [1.82, 2.24) is 10.2 Å². The molecule has 0 bridgehead atoms. The molecule has 3 aromatic rings. The van der Waals surface area contributed by atoms with Gasteiger partial charge in [0.05, 0.1) is 13.7 Å². The third-order valence-corrected chi connectivity index (χ3v) is 6.64. The second-order valence-corrected chi connectivity index (χ2v) is 9.36. The molecule has 2 aliphatic rings. The Hall–Kier alpha value is -4.33. The van der Waals surface area contributed by atoms with E-state index in [-0.39, 0.29) is 18.4 Å². The molecule has 190 valence electrons. The number of carbonyl (C=O) groups excluding carboxylic acids is 3. The maximum Gasteiger partial charge on any atom is 0.411 e. The lowest BCUT2D eigenvalue weighted by Crippen LogP contribution is -2.46. The molecule has 2 fully saturated rings. The van der Waals surface area contributed by atoms with Gasteiger partial charge < -0.3 is 20.1 Å². The predicted molar refractivity (Wildman–Crippen MR) is 138 cm³/mol. The molecule has 2 atom stereocenters. The first-order valence-corrected chi connectivity index (χ1v) is 12.4. The van der Waals surface area contributed by atoms with E-state index in [4.69, 9.17) is 9.47 Å². The van der Waals surface area contributed by atoms with Crippen molar-refractivity contribution in [2.75, 3.05) is 19.0 Å². The molecule has 1 aliphatic heterocycles. The minimum Gasteiger partial charge on any atom is -0.497 e. The van der Waals surface area contributed by atoms with Gasteiger partial charge in [0.1, 0.15) is 5.75 Å². The van der Waals surface area contributed by atoms with E-state index in [0.717, 1.165) is 18.4 Å². The van der Waals surface area contributed by atoms with E-state index in [1.54, 1.807) is 55.6 Å². The van der Waals surface area contributed by atoms with E-state index in [1.807, 2.05) is 30.3 Å². The first kappa shape index (κ1) is 24.4. The molecular formula is C29H29N3O5. The molecule has 2 unspecified atom stereocenters. The average molecular weight is 500 g/mol. The van der Waals surface area contributed by atoms with Gasteiger partial charge in [-0.3, -0.25) is 14.5 Å². The molecule has 8 nitrogen and oxygen atoms in total. The van der Waals surface area contributed by atoms with Gasteiger partial charge in [-0.25, -0.2) is 4.79 Å². The number of nitrogens with zero attached hydrogens (tertiary/aromatic N) is 1. The van der Waals surface area contributed by atoms with E-state index in [9.17, 15) is 14.4 Å². The summed E-state index contributed by atoms with van der Waals surface area (Å²) in [4.78, 5) is 40.3. The molecule has 3 aromatic carbocycles. The molecule has 5 rings (SSSR count). The van der Waals surface area contributed by atoms with E-state index in [1.165, 1.54) is 4.90 Å². The molecule has 8 heteroatoms. The molecule has 2 N–H and O–H groups in total. The summed E-state index contributed by atoms with van der Waals surface area (Å²) in [5, 5.41) is 5.87. The number of rotatable bonds is 9. The maximum absolute atomic E-state index is 13.3. The van der Waals surface area contributed by atoms with Crippen LogP contribution < -0.4 is 15.4 Å². The van der Waals surface area contributed by atoms with Crippen molar-refractivity contribution < 1.29 is 23.9 Å². The van der Waals surface area contributed by atoms with Crippen molar-refractivity contribution in [2.45, 2.75) is 31.5 Å². The zero-order valence-electron chi connectivity index (χ0n) is 20.6.